The van der Waals surface area contributed by atoms with Gasteiger partial charge in [0, 0.05) is 13.0 Å². The zero-order valence-electron chi connectivity index (χ0n) is 10.5. The van der Waals surface area contributed by atoms with E-state index in [-0.39, 0.29) is 12.6 Å². The predicted molar refractivity (Wildman–Crippen MR) is 65.4 cm³/mol. The SMILES string of the molecule is O=C(CC1CC2CCC1C2)N1CCCC1CO. The molecule has 0 aromatic heterocycles. The molecule has 17 heavy (non-hydrogen) atoms. The van der Waals surface area contributed by atoms with Gasteiger partial charge in [-0.15, -0.1) is 0 Å². The number of carbonyl (C=O) groups excluding carboxylic acids is 1. The van der Waals surface area contributed by atoms with Crippen molar-refractivity contribution in [1.29, 1.82) is 0 Å². The van der Waals surface area contributed by atoms with Crippen molar-refractivity contribution in [2.24, 2.45) is 17.8 Å². The van der Waals surface area contributed by atoms with Crippen LogP contribution in [-0.2, 0) is 4.79 Å². The Morgan fingerprint density at radius 1 is 1.24 bits per heavy atom. The van der Waals surface area contributed by atoms with Crippen LogP contribution in [0.5, 0.6) is 0 Å². The number of hydrogen-bond acceptors (Lipinski definition) is 2. The van der Waals surface area contributed by atoms with E-state index in [9.17, 15) is 9.90 Å². The highest BCUT2D eigenvalue weighted by atomic mass is 16.3. The summed E-state index contributed by atoms with van der Waals surface area (Å²) in [5.41, 5.74) is 0. The lowest BCUT2D eigenvalue weighted by Gasteiger charge is -2.27. The van der Waals surface area contributed by atoms with Gasteiger partial charge in [0.25, 0.3) is 0 Å². The highest BCUT2D eigenvalue weighted by molar-refractivity contribution is 5.77. The van der Waals surface area contributed by atoms with E-state index in [0.717, 1.165) is 37.6 Å². The molecule has 3 heteroatoms. The smallest absolute Gasteiger partial charge is 0.223 e. The standard InChI is InChI=1S/C14H23NO2/c16-9-13-2-1-5-15(13)14(17)8-12-7-10-3-4-11(12)6-10/h10-13,16H,1-9H2. The van der Waals surface area contributed by atoms with Gasteiger partial charge in [-0.25, -0.2) is 0 Å². The van der Waals surface area contributed by atoms with E-state index in [1.165, 1.54) is 25.7 Å². The first kappa shape index (κ1) is 11.5. The fraction of sp³-hybridized carbons (Fsp3) is 0.929. The minimum atomic E-state index is 0.112. The number of aliphatic hydroxyl groups excluding tert-OH is 1. The van der Waals surface area contributed by atoms with Crippen LogP contribution in [0.2, 0.25) is 0 Å². The lowest BCUT2D eigenvalue weighted by molar-refractivity contribution is -0.134. The third-order valence-corrected chi connectivity index (χ3v) is 5.23. The molecule has 1 N–H and O–H groups in total. The molecule has 0 aromatic rings. The summed E-state index contributed by atoms with van der Waals surface area (Å²) in [5, 5.41) is 9.26. The summed E-state index contributed by atoms with van der Waals surface area (Å²) in [6, 6.07) is 0.112. The van der Waals surface area contributed by atoms with Crippen LogP contribution in [0.4, 0.5) is 0 Å². The van der Waals surface area contributed by atoms with Crippen molar-refractivity contribution in [3.8, 4) is 0 Å². The lowest BCUT2D eigenvalue weighted by atomic mass is 9.86. The zero-order valence-corrected chi connectivity index (χ0v) is 10.5. The Kier molecular flexibility index (Phi) is 3.12. The van der Waals surface area contributed by atoms with Crippen molar-refractivity contribution in [2.75, 3.05) is 13.2 Å². The van der Waals surface area contributed by atoms with E-state index >= 15 is 0 Å². The highest BCUT2D eigenvalue weighted by Gasteiger charge is 2.41. The van der Waals surface area contributed by atoms with Gasteiger partial charge in [-0.05, 0) is 49.9 Å². The van der Waals surface area contributed by atoms with Crippen LogP contribution in [0, 0.1) is 17.8 Å². The molecule has 1 aliphatic heterocycles. The first-order chi connectivity index (χ1) is 8.28. The van der Waals surface area contributed by atoms with E-state index in [2.05, 4.69) is 0 Å². The molecule has 0 spiro atoms. The van der Waals surface area contributed by atoms with Crippen molar-refractivity contribution in [1.82, 2.24) is 4.90 Å². The Morgan fingerprint density at radius 2 is 2.12 bits per heavy atom. The second-order valence-corrected chi connectivity index (χ2v) is 6.20. The number of nitrogens with zero attached hydrogens (tertiary/aromatic N) is 1. The summed E-state index contributed by atoms with van der Waals surface area (Å²) in [4.78, 5) is 14.2. The minimum absolute atomic E-state index is 0.112. The van der Waals surface area contributed by atoms with E-state index < -0.39 is 0 Å². The van der Waals surface area contributed by atoms with Crippen LogP contribution in [0.15, 0.2) is 0 Å². The van der Waals surface area contributed by atoms with Gasteiger partial charge in [0.1, 0.15) is 0 Å². The first-order valence-corrected chi connectivity index (χ1v) is 7.18. The molecule has 2 bridgehead atoms. The third kappa shape index (κ3) is 2.10. The maximum Gasteiger partial charge on any atom is 0.223 e. The van der Waals surface area contributed by atoms with Gasteiger partial charge in [0.05, 0.1) is 12.6 Å². The number of likely N-dealkylation sites (tertiary alicyclic amines) is 1. The highest BCUT2D eigenvalue weighted by Crippen LogP contribution is 2.49. The molecule has 3 aliphatic rings. The Bertz CT molecular complexity index is 305. The third-order valence-electron chi connectivity index (χ3n) is 5.23. The minimum Gasteiger partial charge on any atom is -0.394 e. The van der Waals surface area contributed by atoms with Crippen LogP contribution < -0.4 is 0 Å². The average Bonchev–Trinajstić information content (AvgIpc) is 3.04. The Balaban J connectivity index is 1.56. The van der Waals surface area contributed by atoms with Gasteiger partial charge in [-0.3, -0.25) is 4.79 Å². The topological polar surface area (TPSA) is 40.5 Å². The Hall–Kier alpha value is -0.570. The monoisotopic (exact) mass is 237 g/mol. The summed E-state index contributed by atoms with van der Waals surface area (Å²) >= 11 is 0. The van der Waals surface area contributed by atoms with E-state index in [0.29, 0.717) is 11.8 Å². The number of aliphatic hydroxyl groups is 1. The zero-order chi connectivity index (χ0) is 11.8. The summed E-state index contributed by atoms with van der Waals surface area (Å²) in [6.07, 6.45) is 8.21. The largest absolute Gasteiger partial charge is 0.394 e. The van der Waals surface area contributed by atoms with Crippen LogP contribution >= 0.6 is 0 Å². The van der Waals surface area contributed by atoms with Gasteiger partial charge in [0.2, 0.25) is 5.91 Å². The molecule has 3 rings (SSSR count). The van der Waals surface area contributed by atoms with E-state index in [1.54, 1.807) is 0 Å². The summed E-state index contributed by atoms with van der Waals surface area (Å²) in [7, 11) is 0. The van der Waals surface area contributed by atoms with Crippen molar-refractivity contribution in [3.63, 3.8) is 0 Å². The first-order valence-electron chi connectivity index (χ1n) is 7.18. The number of fused-ring (bicyclic) bond motifs is 2. The average molecular weight is 237 g/mol. The van der Waals surface area contributed by atoms with Crippen molar-refractivity contribution in [3.05, 3.63) is 0 Å². The molecule has 3 fully saturated rings. The van der Waals surface area contributed by atoms with Gasteiger partial charge >= 0.3 is 0 Å². The number of amides is 1. The molecule has 1 saturated heterocycles. The molecule has 0 aromatic carbocycles. The second-order valence-electron chi connectivity index (χ2n) is 6.20. The van der Waals surface area contributed by atoms with Crippen LogP contribution in [0.1, 0.15) is 44.9 Å². The maximum atomic E-state index is 12.3. The summed E-state index contributed by atoms with van der Waals surface area (Å²) in [6.45, 7) is 1.01. The molecule has 96 valence electrons. The van der Waals surface area contributed by atoms with Crippen LogP contribution in [0.3, 0.4) is 0 Å². The number of rotatable bonds is 3. The normalized spacial score (nSPS) is 40.2. The molecule has 1 amide bonds. The Morgan fingerprint density at radius 3 is 2.76 bits per heavy atom. The number of carbonyl (C=O) groups is 1. The molecule has 2 aliphatic carbocycles. The fourth-order valence-electron chi connectivity index (χ4n) is 4.32. The second kappa shape index (κ2) is 4.60. The maximum absolute atomic E-state index is 12.3. The summed E-state index contributed by atoms with van der Waals surface area (Å²) in [5.74, 6) is 2.71. The molecule has 2 saturated carbocycles. The molecule has 1 heterocycles. The molecule has 4 atom stereocenters. The summed E-state index contributed by atoms with van der Waals surface area (Å²) < 4.78 is 0. The van der Waals surface area contributed by atoms with Gasteiger partial charge in [-0.2, -0.15) is 0 Å². The Labute approximate surface area is 103 Å². The molecule has 3 nitrogen and oxygen atoms in total. The van der Waals surface area contributed by atoms with E-state index in [4.69, 9.17) is 0 Å². The molecular formula is C14H23NO2. The van der Waals surface area contributed by atoms with Crippen molar-refractivity contribution >= 4 is 5.91 Å². The predicted octanol–water partition coefficient (Wildman–Crippen LogP) is 1.80. The van der Waals surface area contributed by atoms with Gasteiger partial charge < -0.3 is 10.0 Å². The quantitative estimate of drug-likeness (QED) is 0.813. The van der Waals surface area contributed by atoms with Crippen molar-refractivity contribution < 1.29 is 9.90 Å². The molecule has 0 radical (unpaired) electrons. The van der Waals surface area contributed by atoms with Crippen LogP contribution in [0.25, 0.3) is 0 Å². The van der Waals surface area contributed by atoms with Crippen molar-refractivity contribution in [2.45, 2.75) is 51.0 Å². The van der Waals surface area contributed by atoms with Gasteiger partial charge in [0.15, 0.2) is 0 Å². The lowest BCUT2D eigenvalue weighted by Crippen LogP contribution is -2.38. The van der Waals surface area contributed by atoms with Gasteiger partial charge in [-0.1, -0.05) is 6.42 Å². The fourth-order valence-corrected chi connectivity index (χ4v) is 4.32. The van der Waals surface area contributed by atoms with Crippen LogP contribution in [-0.4, -0.2) is 35.1 Å². The molecular weight excluding hydrogens is 214 g/mol. The van der Waals surface area contributed by atoms with E-state index in [1.807, 2.05) is 4.90 Å². The molecule has 4 unspecified atom stereocenters. The number of hydrogen-bond donors (Lipinski definition) is 1.